The second-order valence-corrected chi connectivity index (χ2v) is 8.58. The molecular weight excluding hydrogens is 368 g/mol. The molecule has 6 nitrogen and oxygen atoms in total. The highest BCUT2D eigenvalue weighted by Crippen LogP contribution is 2.19. The van der Waals surface area contributed by atoms with Gasteiger partial charge in [-0.15, -0.1) is 11.3 Å². The van der Waals surface area contributed by atoms with E-state index in [4.69, 9.17) is 4.99 Å². The van der Waals surface area contributed by atoms with Crippen LogP contribution in [0.3, 0.4) is 0 Å². The van der Waals surface area contributed by atoms with Crippen LogP contribution in [0.25, 0.3) is 0 Å². The molecule has 2 N–H and O–H groups in total. The molecule has 0 aromatic carbocycles. The van der Waals surface area contributed by atoms with Crippen molar-refractivity contribution >= 4 is 23.1 Å². The van der Waals surface area contributed by atoms with Gasteiger partial charge in [-0.2, -0.15) is 0 Å². The van der Waals surface area contributed by atoms with Gasteiger partial charge in [-0.1, -0.05) is 6.07 Å². The van der Waals surface area contributed by atoms with Crippen molar-refractivity contribution in [3.05, 3.63) is 39.5 Å². The van der Waals surface area contributed by atoms with Crippen LogP contribution < -0.4 is 15.5 Å². The molecule has 3 rings (SSSR count). The third-order valence-corrected chi connectivity index (χ3v) is 6.12. The first-order valence-corrected chi connectivity index (χ1v) is 11.0. The van der Waals surface area contributed by atoms with Gasteiger partial charge in [0.2, 0.25) is 0 Å². The minimum atomic E-state index is 0.450. The third-order valence-electron chi connectivity index (χ3n) is 4.99. The van der Waals surface area contributed by atoms with Gasteiger partial charge in [0.25, 0.3) is 0 Å². The summed E-state index contributed by atoms with van der Waals surface area (Å²) in [6.07, 6.45) is 3.13. The summed E-state index contributed by atoms with van der Waals surface area (Å²) < 4.78 is 0. The molecule has 1 aliphatic heterocycles. The molecule has 1 aliphatic rings. The number of rotatable bonds is 6. The van der Waals surface area contributed by atoms with E-state index in [2.05, 4.69) is 58.4 Å². The van der Waals surface area contributed by atoms with Gasteiger partial charge in [0.05, 0.1) is 10.7 Å². The van der Waals surface area contributed by atoms with E-state index in [-0.39, 0.29) is 0 Å². The number of piperidine rings is 1. The monoisotopic (exact) mass is 400 g/mol. The predicted molar refractivity (Wildman–Crippen MR) is 119 cm³/mol. The molecule has 1 fully saturated rings. The van der Waals surface area contributed by atoms with E-state index in [9.17, 15) is 0 Å². The molecule has 0 unspecified atom stereocenters. The van der Waals surface area contributed by atoms with E-state index in [1.54, 1.807) is 11.3 Å². The van der Waals surface area contributed by atoms with Crippen LogP contribution in [0.1, 0.15) is 41.0 Å². The highest BCUT2D eigenvalue weighted by atomic mass is 32.1. The van der Waals surface area contributed by atoms with Gasteiger partial charge < -0.3 is 15.5 Å². The zero-order chi connectivity index (χ0) is 19.9. The zero-order valence-corrected chi connectivity index (χ0v) is 18.3. The summed E-state index contributed by atoms with van der Waals surface area (Å²) in [7, 11) is 0. The summed E-state index contributed by atoms with van der Waals surface area (Å²) in [5, 5.41) is 8.15. The number of hydrogen-bond donors (Lipinski definition) is 2. The molecule has 0 atom stereocenters. The minimum absolute atomic E-state index is 0.450. The molecule has 0 radical (unpaired) electrons. The molecule has 0 aliphatic carbocycles. The second-order valence-electron chi connectivity index (χ2n) is 7.29. The summed E-state index contributed by atoms with van der Waals surface area (Å²) in [5.74, 6) is 2.02. The maximum Gasteiger partial charge on any atom is 0.191 e. The highest BCUT2D eigenvalue weighted by Gasteiger charge is 2.21. The average molecular weight is 401 g/mol. The van der Waals surface area contributed by atoms with Crippen molar-refractivity contribution < 1.29 is 0 Å². The van der Waals surface area contributed by atoms with Crippen LogP contribution in [-0.2, 0) is 6.42 Å². The SMILES string of the molecule is CCNC(=NCCc1sc(C)nc1C)NC1CCN(c2cccc(C)n2)CC1. The standard InChI is InChI=1S/C21H32N6S/c1-5-22-21(23-12-9-19-16(3)25-17(4)28-19)26-18-10-13-27(14-11-18)20-8-6-7-15(2)24-20/h6-8,18H,5,9-14H2,1-4H3,(H2,22,23,26). The van der Waals surface area contributed by atoms with Crippen LogP contribution in [0, 0.1) is 20.8 Å². The molecule has 1 saturated heterocycles. The Morgan fingerprint density at radius 2 is 2.00 bits per heavy atom. The number of thiazole rings is 1. The van der Waals surface area contributed by atoms with Gasteiger partial charge in [-0.3, -0.25) is 4.99 Å². The summed E-state index contributed by atoms with van der Waals surface area (Å²) >= 11 is 1.78. The van der Waals surface area contributed by atoms with Gasteiger partial charge in [-0.05, 0) is 52.7 Å². The number of aryl methyl sites for hydroxylation is 3. The highest BCUT2D eigenvalue weighted by molar-refractivity contribution is 7.11. The lowest BCUT2D eigenvalue weighted by molar-refractivity contribution is 0.459. The fourth-order valence-corrected chi connectivity index (χ4v) is 4.47. The molecule has 0 saturated carbocycles. The van der Waals surface area contributed by atoms with Crippen LogP contribution in [0.2, 0.25) is 0 Å². The Morgan fingerprint density at radius 1 is 1.21 bits per heavy atom. The maximum absolute atomic E-state index is 4.79. The Morgan fingerprint density at radius 3 is 2.64 bits per heavy atom. The number of pyridine rings is 1. The number of nitrogens with zero attached hydrogens (tertiary/aromatic N) is 4. The molecule has 0 bridgehead atoms. The van der Waals surface area contributed by atoms with Crippen LogP contribution >= 0.6 is 11.3 Å². The van der Waals surface area contributed by atoms with Crippen molar-refractivity contribution in [3.63, 3.8) is 0 Å². The average Bonchev–Trinajstić information content (AvgIpc) is 2.99. The predicted octanol–water partition coefficient (Wildman–Crippen LogP) is 3.23. The molecule has 3 heterocycles. The van der Waals surface area contributed by atoms with E-state index in [0.717, 1.165) is 73.6 Å². The van der Waals surface area contributed by atoms with E-state index >= 15 is 0 Å². The van der Waals surface area contributed by atoms with Crippen LogP contribution in [0.15, 0.2) is 23.2 Å². The normalized spacial score (nSPS) is 15.7. The maximum atomic E-state index is 4.79. The quantitative estimate of drug-likeness (QED) is 0.576. The first-order valence-electron chi connectivity index (χ1n) is 10.2. The summed E-state index contributed by atoms with van der Waals surface area (Å²) in [5.41, 5.74) is 2.22. The summed E-state index contributed by atoms with van der Waals surface area (Å²) in [6, 6.07) is 6.69. The fourth-order valence-electron chi connectivity index (χ4n) is 3.55. The number of anilines is 1. The van der Waals surface area contributed by atoms with Gasteiger partial charge >= 0.3 is 0 Å². The lowest BCUT2D eigenvalue weighted by Crippen LogP contribution is -2.49. The Bertz CT molecular complexity index is 792. The largest absolute Gasteiger partial charge is 0.357 e. The van der Waals surface area contributed by atoms with Gasteiger partial charge in [0, 0.05) is 49.2 Å². The fraction of sp³-hybridized carbons (Fsp3) is 0.571. The minimum Gasteiger partial charge on any atom is -0.357 e. The molecule has 2 aromatic heterocycles. The second kappa shape index (κ2) is 9.87. The number of aromatic nitrogens is 2. The van der Waals surface area contributed by atoms with Crippen molar-refractivity contribution in [1.82, 2.24) is 20.6 Å². The third kappa shape index (κ3) is 5.67. The lowest BCUT2D eigenvalue weighted by Gasteiger charge is -2.34. The van der Waals surface area contributed by atoms with Crippen molar-refractivity contribution in [1.29, 1.82) is 0 Å². The summed E-state index contributed by atoms with van der Waals surface area (Å²) in [6.45, 7) is 12.0. The molecule has 7 heteroatoms. The first-order chi connectivity index (χ1) is 13.5. The lowest BCUT2D eigenvalue weighted by atomic mass is 10.1. The Labute approximate surface area is 172 Å². The zero-order valence-electron chi connectivity index (χ0n) is 17.5. The van der Waals surface area contributed by atoms with Crippen molar-refractivity contribution in [3.8, 4) is 0 Å². The van der Waals surface area contributed by atoms with E-state index in [1.807, 2.05) is 13.0 Å². The van der Waals surface area contributed by atoms with Crippen molar-refractivity contribution in [2.45, 2.75) is 53.0 Å². The topological polar surface area (TPSA) is 65.4 Å². The van der Waals surface area contributed by atoms with E-state index in [1.165, 1.54) is 4.88 Å². The number of nitrogens with one attached hydrogen (secondary N) is 2. The van der Waals surface area contributed by atoms with E-state index in [0.29, 0.717) is 6.04 Å². The van der Waals surface area contributed by atoms with Crippen molar-refractivity contribution in [2.75, 3.05) is 31.1 Å². The van der Waals surface area contributed by atoms with Gasteiger partial charge in [-0.25, -0.2) is 9.97 Å². The molecule has 0 amide bonds. The Kier molecular flexibility index (Phi) is 7.25. The number of guanidine groups is 1. The van der Waals surface area contributed by atoms with Gasteiger partial charge in [0.1, 0.15) is 5.82 Å². The number of hydrogen-bond acceptors (Lipinski definition) is 5. The number of aliphatic imine (C=N–C) groups is 1. The molecule has 28 heavy (non-hydrogen) atoms. The van der Waals surface area contributed by atoms with Crippen molar-refractivity contribution in [2.24, 2.45) is 4.99 Å². The Hall–Kier alpha value is -2.15. The molecule has 0 spiro atoms. The van der Waals surface area contributed by atoms with Gasteiger partial charge in [0.15, 0.2) is 5.96 Å². The summed E-state index contributed by atoms with van der Waals surface area (Å²) in [4.78, 5) is 17.7. The Balaban J connectivity index is 1.51. The van der Waals surface area contributed by atoms with Crippen LogP contribution in [0.5, 0.6) is 0 Å². The van der Waals surface area contributed by atoms with E-state index < -0.39 is 0 Å². The van der Waals surface area contributed by atoms with Crippen LogP contribution in [0.4, 0.5) is 5.82 Å². The smallest absolute Gasteiger partial charge is 0.191 e. The molecular formula is C21H32N6S. The van der Waals surface area contributed by atoms with Crippen LogP contribution in [-0.4, -0.2) is 48.1 Å². The molecule has 2 aromatic rings. The first kappa shape index (κ1) is 20.6. The molecule has 152 valence electrons.